The van der Waals surface area contributed by atoms with Crippen molar-refractivity contribution >= 4 is 56.2 Å². The number of nitrogens with one attached hydrogen (secondary N) is 3. The minimum Gasteiger partial charge on any atom is -0.494 e. The van der Waals surface area contributed by atoms with Crippen LogP contribution in [0.4, 0.5) is 4.79 Å². The molecule has 1 aromatic carbocycles. The predicted octanol–water partition coefficient (Wildman–Crippen LogP) is 3.85. The summed E-state index contributed by atoms with van der Waals surface area (Å²) < 4.78 is 44.7. The average Bonchev–Trinajstić information content (AvgIpc) is 3.95. The fraction of sp³-hybridized carbons (Fsp3) is 0.571. The lowest BCUT2D eigenvalue weighted by Crippen LogP contribution is -2.60. The highest BCUT2D eigenvalue weighted by atomic mass is 35.5. The summed E-state index contributed by atoms with van der Waals surface area (Å²) in [5.74, 6) is -1.99. The van der Waals surface area contributed by atoms with Crippen molar-refractivity contribution in [2.24, 2.45) is 11.3 Å². The molecule has 51 heavy (non-hydrogen) atoms. The Kier molecular flexibility index (Phi) is 10.3. The normalized spacial score (nSPS) is 23.9. The smallest absolute Gasteiger partial charge is 0.408 e. The van der Waals surface area contributed by atoms with Crippen LogP contribution in [0.15, 0.2) is 37.1 Å². The summed E-state index contributed by atoms with van der Waals surface area (Å²) in [6, 6.07) is 2.82. The number of nitrogens with zero attached hydrogens (tertiary/aromatic N) is 2. The average molecular weight is 748 g/mol. The van der Waals surface area contributed by atoms with E-state index in [1.807, 2.05) is 0 Å². The highest BCUT2D eigenvalue weighted by Gasteiger charge is 2.62. The summed E-state index contributed by atoms with van der Waals surface area (Å²) in [6.07, 6.45) is 2.40. The van der Waals surface area contributed by atoms with Gasteiger partial charge in [0.2, 0.25) is 27.7 Å². The third-order valence-corrected chi connectivity index (χ3v) is 11.2. The maximum Gasteiger partial charge on any atom is 0.408 e. The van der Waals surface area contributed by atoms with Crippen molar-refractivity contribution in [1.82, 2.24) is 25.2 Å². The fourth-order valence-electron chi connectivity index (χ4n) is 6.21. The molecule has 16 heteroatoms. The Morgan fingerprint density at radius 3 is 2.37 bits per heavy atom. The Labute approximate surface area is 303 Å². The molecular formula is C35H46ClN5O9S. The number of fused-ring (bicyclic) bond motifs is 1. The van der Waals surface area contributed by atoms with Crippen LogP contribution >= 0.6 is 11.6 Å². The van der Waals surface area contributed by atoms with E-state index in [0.29, 0.717) is 34.4 Å². The quantitative estimate of drug-likeness (QED) is 0.286. The molecular weight excluding hydrogens is 702 g/mol. The third-order valence-electron chi connectivity index (χ3n) is 9.15. The van der Waals surface area contributed by atoms with E-state index < -0.39 is 79.7 Å². The lowest BCUT2D eigenvalue weighted by Gasteiger charge is -2.36. The molecule has 4 unspecified atom stereocenters. The van der Waals surface area contributed by atoms with Gasteiger partial charge in [-0.05, 0) is 63.6 Å². The summed E-state index contributed by atoms with van der Waals surface area (Å²) in [6.45, 7) is 14.1. The molecule has 3 N–H and O–H groups in total. The van der Waals surface area contributed by atoms with Gasteiger partial charge in [-0.2, -0.15) is 0 Å². The first-order valence-corrected chi connectivity index (χ1v) is 18.7. The predicted molar refractivity (Wildman–Crippen MR) is 190 cm³/mol. The monoisotopic (exact) mass is 747 g/mol. The number of hydrogen-bond donors (Lipinski definition) is 3. The number of amides is 4. The first-order chi connectivity index (χ1) is 23.7. The Balaban J connectivity index is 1.46. The molecule has 2 heterocycles. The van der Waals surface area contributed by atoms with Crippen LogP contribution in [0.1, 0.15) is 67.2 Å². The first-order valence-electron chi connectivity index (χ1n) is 16.8. The highest BCUT2D eigenvalue weighted by molar-refractivity contribution is 7.91. The molecule has 5 rings (SSSR count). The maximum atomic E-state index is 14.4. The van der Waals surface area contributed by atoms with Crippen LogP contribution in [0.25, 0.3) is 10.8 Å². The number of halogens is 1. The summed E-state index contributed by atoms with van der Waals surface area (Å²) in [4.78, 5) is 60.8. The number of carbonyl (C=O) groups excluding carboxylic acids is 4. The number of methoxy groups -OCH3 is 1. The van der Waals surface area contributed by atoms with Crippen molar-refractivity contribution in [2.45, 2.75) is 102 Å². The summed E-state index contributed by atoms with van der Waals surface area (Å²) in [5, 5.41) is 6.45. The zero-order chi connectivity index (χ0) is 37.7. The van der Waals surface area contributed by atoms with E-state index in [9.17, 15) is 27.6 Å². The number of hydrogen-bond acceptors (Lipinski definition) is 10. The minimum atomic E-state index is -3.91. The van der Waals surface area contributed by atoms with Crippen molar-refractivity contribution in [2.75, 3.05) is 13.7 Å². The van der Waals surface area contributed by atoms with Crippen LogP contribution in [0.2, 0.25) is 5.02 Å². The largest absolute Gasteiger partial charge is 0.494 e. The number of benzene rings is 1. The van der Waals surface area contributed by atoms with E-state index in [1.165, 1.54) is 24.3 Å². The van der Waals surface area contributed by atoms with E-state index >= 15 is 0 Å². The van der Waals surface area contributed by atoms with Crippen molar-refractivity contribution in [3.8, 4) is 11.6 Å². The SMILES string of the molecule is C=CC1C[C@]1(NC(=O)C1CC(Oc2ncc(OC)c3ccc(Cl)cc23)CN1C(=O)C(NC(=O)OC(C)(C)C)C(C)(C)C)C(=O)NS(=O)(=O)C1CC1. The number of rotatable bonds is 11. The van der Waals surface area contributed by atoms with Crippen molar-refractivity contribution in [3.63, 3.8) is 0 Å². The van der Waals surface area contributed by atoms with Gasteiger partial charge in [0.15, 0.2) is 0 Å². The molecule has 5 atom stereocenters. The number of alkyl carbamates (subject to hydrolysis) is 1. The van der Waals surface area contributed by atoms with E-state index in [0.717, 1.165) is 0 Å². The number of ether oxygens (including phenoxy) is 3. The van der Waals surface area contributed by atoms with E-state index in [1.54, 1.807) is 59.7 Å². The summed E-state index contributed by atoms with van der Waals surface area (Å²) in [5.41, 5.74) is -3.24. The molecule has 278 valence electrons. The van der Waals surface area contributed by atoms with Crippen LogP contribution in [-0.2, 0) is 29.1 Å². The van der Waals surface area contributed by atoms with Gasteiger partial charge in [0.05, 0.1) is 25.1 Å². The third kappa shape index (κ3) is 8.35. The summed E-state index contributed by atoms with van der Waals surface area (Å²) >= 11 is 6.32. The van der Waals surface area contributed by atoms with E-state index in [-0.39, 0.29) is 25.3 Å². The number of sulfonamides is 1. The lowest BCUT2D eigenvalue weighted by atomic mass is 9.85. The van der Waals surface area contributed by atoms with Gasteiger partial charge in [-0.25, -0.2) is 18.2 Å². The molecule has 0 bridgehead atoms. The zero-order valence-corrected chi connectivity index (χ0v) is 31.4. The zero-order valence-electron chi connectivity index (χ0n) is 29.9. The molecule has 2 saturated carbocycles. The minimum absolute atomic E-state index is 0.0204. The van der Waals surface area contributed by atoms with Crippen molar-refractivity contribution < 1.29 is 41.8 Å². The van der Waals surface area contributed by atoms with Gasteiger partial charge in [-0.1, -0.05) is 38.4 Å². The van der Waals surface area contributed by atoms with E-state index in [2.05, 4.69) is 26.9 Å². The van der Waals surface area contributed by atoms with Crippen molar-refractivity contribution in [3.05, 3.63) is 42.1 Å². The second-order valence-corrected chi connectivity index (χ2v) is 17.8. The van der Waals surface area contributed by atoms with Gasteiger partial charge < -0.3 is 29.7 Å². The molecule has 14 nitrogen and oxygen atoms in total. The van der Waals surface area contributed by atoms with Crippen LogP contribution in [-0.4, -0.2) is 90.3 Å². The molecule has 0 radical (unpaired) electrons. The van der Waals surface area contributed by atoms with Gasteiger partial charge in [0, 0.05) is 28.1 Å². The van der Waals surface area contributed by atoms with Crippen LogP contribution in [0, 0.1) is 11.3 Å². The molecule has 1 aliphatic heterocycles. The molecule has 3 fully saturated rings. The van der Waals surface area contributed by atoms with Gasteiger partial charge in [0.25, 0.3) is 5.91 Å². The maximum absolute atomic E-state index is 14.4. The molecule has 4 amide bonds. The highest BCUT2D eigenvalue weighted by Crippen LogP contribution is 2.45. The number of aromatic nitrogens is 1. The molecule has 1 saturated heterocycles. The Bertz CT molecular complexity index is 1850. The molecule has 2 aromatic rings. The van der Waals surface area contributed by atoms with Gasteiger partial charge in [0.1, 0.15) is 35.1 Å². The van der Waals surface area contributed by atoms with Crippen molar-refractivity contribution in [1.29, 1.82) is 0 Å². The second kappa shape index (κ2) is 13.8. The van der Waals surface area contributed by atoms with Crippen LogP contribution < -0.4 is 24.8 Å². The van der Waals surface area contributed by atoms with Gasteiger partial charge in [-0.3, -0.25) is 19.1 Å². The fourth-order valence-corrected chi connectivity index (χ4v) is 7.75. The standard InChI is InChI=1S/C35H46ClN5O9S/c1-9-19-16-35(19,31(44)40-51(46,47)22-11-12-22)39-28(42)25-15-21(49-29-24-14-20(36)10-13-23(24)26(48-8)17-37-29)18-41(25)30(43)27(33(2,3)4)38-32(45)50-34(5,6)7/h9-10,13-14,17,19,21-22,25,27H,1,11-12,15-16,18H2,2-8H3,(H,38,45)(H,39,42)(H,40,44)/t19?,21?,25?,27?,35-/m1/s1. The number of carbonyl (C=O) groups is 4. The molecule has 1 aromatic heterocycles. The topological polar surface area (TPSA) is 182 Å². The molecule has 2 aliphatic carbocycles. The Hall–Kier alpha value is -4.11. The molecule has 3 aliphatic rings. The Morgan fingerprint density at radius 2 is 1.80 bits per heavy atom. The van der Waals surface area contributed by atoms with Gasteiger partial charge in [-0.15, -0.1) is 6.58 Å². The summed E-state index contributed by atoms with van der Waals surface area (Å²) in [7, 11) is -2.40. The second-order valence-electron chi connectivity index (χ2n) is 15.4. The lowest BCUT2D eigenvalue weighted by molar-refractivity contribution is -0.143. The molecule has 0 spiro atoms. The van der Waals surface area contributed by atoms with Crippen LogP contribution in [0.3, 0.4) is 0 Å². The number of likely N-dealkylation sites (tertiary alicyclic amines) is 1. The van der Waals surface area contributed by atoms with E-state index in [4.69, 9.17) is 25.8 Å². The number of pyridine rings is 1. The Morgan fingerprint density at radius 1 is 1.12 bits per heavy atom. The first kappa shape index (κ1) is 38.1. The van der Waals surface area contributed by atoms with Gasteiger partial charge >= 0.3 is 6.09 Å². The van der Waals surface area contributed by atoms with Crippen LogP contribution in [0.5, 0.6) is 11.6 Å².